The van der Waals surface area contributed by atoms with E-state index >= 15 is 0 Å². The summed E-state index contributed by atoms with van der Waals surface area (Å²) >= 11 is 0. The third kappa shape index (κ3) is 3.56. The zero-order valence-electron chi connectivity index (χ0n) is 29.4. The van der Waals surface area contributed by atoms with Crippen LogP contribution >= 0.6 is 0 Å². The first-order chi connectivity index (χ1) is 23.9. The van der Waals surface area contributed by atoms with Crippen molar-refractivity contribution in [1.29, 1.82) is 0 Å². The normalized spacial score (nSPS) is 53.9. The van der Waals surface area contributed by atoms with E-state index in [0.717, 1.165) is 7.11 Å². The maximum atomic E-state index is 14.4. The first kappa shape index (κ1) is 34.9. The third-order valence-corrected chi connectivity index (χ3v) is 14.2. The summed E-state index contributed by atoms with van der Waals surface area (Å²) in [5, 5.41) is 38.5. The number of carbonyl (C=O) groups is 4. The smallest absolute Gasteiger partial charge is 0.366 e. The van der Waals surface area contributed by atoms with Gasteiger partial charge in [-0.05, 0) is 33.3 Å². The first-order valence-electron chi connectivity index (χ1n) is 17.2. The van der Waals surface area contributed by atoms with Crippen molar-refractivity contribution in [3.05, 3.63) is 24.0 Å². The average Bonchev–Trinajstić information content (AvgIpc) is 3.83. The van der Waals surface area contributed by atoms with Gasteiger partial charge in [0.2, 0.25) is 6.29 Å². The minimum atomic E-state index is -2.41. The molecule has 5 aliphatic heterocycles. The van der Waals surface area contributed by atoms with Gasteiger partial charge in [0.05, 0.1) is 57.4 Å². The maximum absolute atomic E-state index is 14.4. The topological polar surface area (TPSA) is 212 Å². The van der Waals surface area contributed by atoms with E-state index in [4.69, 9.17) is 42.6 Å². The molecule has 16 heteroatoms. The van der Waals surface area contributed by atoms with Crippen LogP contribution in [0.2, 0.25) is 0 Å². The van der Waals surface area contributed by atoms with E-state index in [2.05, 4.69) is 0 Å². The molecule has 4 saturated heterocycles. The van der Waals surface area contributed by atoms with Crippen LogP contribution in [0, 0.1) is 34.0 Å². The number of hydrogen-bond donors (Lipinski definition) is 3. The monoisotopic (exact) mass is 720 g/mol. The molecule has 3 aliphatic carbocycles. The molecule has 7 fully saturated rings. The van der Waals surface area contributed by atoms with Gasteiger partial charge < -0.3 is 58.0 Å². The summed E-state index contributed by atoms with van der Waals surface area (Å²) in [4.78, 5) is 54.8. The van der Waals surface area contributed by atoms with Gasteiger partial charge in [-0.2, -0.15) is 0 Å². The molecular weight excluding hydrogens is 676 g/mol. The van der Waals surface area contributed by atoms with Crippen LogP contribution in [-0.2, 0) is 61.8 Å². The van der Waals surface area contributed by atoms with E-state index in [1.807, 2.05) is 0 Å². The lowest BCUT2D eigenvalue weighted by atomic mass is 9.35. The molecule has 16 nitrogen and oxygen atoms in total. The largest absolute Gasteiger partial charge is 0.469 e. The van der Waals surface area contributed by atoms with E-state index in [0.29, 0.717) is 0 Å². The highest BCUT2D eigenvalue weighted by molar-refractivity contribution is 5.88. The number of methoxy groups -OCH3 is 2. The number of rotatable bonds is 5. The molecule has 0 aromatic heterocycles. The van der Waals surface area contributed by atoms with Crippen LogP contribution in [0.25, 0.3) is 0 Å². The molecule has 3 saturated carbocycles. The van der Waals surface area contributed by atoms with Crippen molar-refractivity contribution in [3.63, 3.8) is 0 Å². The Labute approximate surface area is 293 Å². The zero-order valence-corrected chi connectivity index (χ0v) is 29.4. The second kappa shape index (κ2) is 10.5. The van der Waals surface area contributed by atoms with Gasteiger partial charge >= 0.3 is 23.9 Å². The number of esters is 4. The Morgan fingerprint density at radius 2 is 1.67 bits per heavy atom. The van der Waals surface area contributed by atoms with Gasteiger partial charge in [-0.1, -0.05) is 13.0 Å². The van der Waals surface area contributed by atoms with E-state index in [-0.39, 0.29) is 25.0 Å². The van der Waals surface area contributed by atoms with Crippen LogP contribution < -0.4 is 0 Å². The molecule has 3 N–H and O–H groups in total. The molecular formula is C35H44O16. The van der Waals surface area contributed by atoms with Crippen molar-refractivity contribution >= 4 is 23.9 Å². The zero-order chi connectivity index (χ0) is 36.9. The first-order valence-corrected chi connectivity index (χ1v) is 17.2. The molecule has 51 heavy (non-hydrogen) atoms. The van der Waals surface area contributed by atoms with Gasteiger partial charge in [0, 0.05) is 42.1 Å². The summed E-state index contributed by atoms with van der Waals surface area (Å²) < 4.78 is 54.5. The molecule has 0 amide bonds. The highest BCUT2D eigenvalue weighted by Gasteiger charge is 2.96. The quantitative estimate of drug-likeness (QED) is 0.191. The number of aliphatic hydroxyl groups is 3. The van der Waals surface area contributed by atoms with Crippen molar-refractivity contribution in [3.8, 4) is 0 Å². The van der Waals surface area contributed by atoms with Crippen molar-refractivity contribution in [2.24, 2.45) is 34.0 Å². The fourth-order valence-electron chi connectivity index (χ4n) is 12.2. The Hall–Kier alpha value is -3.12. The second-order valence-electron chi connectivity index (χ2n) is 15.8. The Bertz CT molecular complexity index is 1660. The lowest BCUT2D eigenvalue weighted by Gasteiger charge is -2.71. The number of aliphatic hydroxyl groups excluding tert-OH is 1. The summed E-state index contributed by atoms with van der Waals surface area (Å²) in [7, 11) is 2.30. The van der Waals surface area contributed by atoms with Gasteiger partial charge in [0.25, 0.3) is 5.79 Å². The van der Waals surface area contributed by atoms with Crippen molar-refractivity contribution in [2.75, 3.05) is 27.4 Å². The molecule has 0 spiro atoms. The van der Waals surface area contributed by atoms with Crippen molar-refractivity contribution in [1.82, 2.24) is 0 Å². The lowest BCUT2D eigenvalue weighted by Crippen LogP contribution is -2.86. The Balaban J connectivity index is 1.42. The van der Waals surface area contributed by atoms with Crippen molar-refractivity contribution in [2.45, 2.75) is 107 Å². The molecule has 0 aromatic rings. The SMILES string of the molecule is C/C=C(\C)C(=O)O[C@H]1C[C@@H](OC(C)=O)[C@@]2(C(=O)OC)CO[C@H]3[C@@H](O)[C@@]45CO[C@@](C(=O)OC)(O[C@@]6(C)[C@H]7C[C@H](O[C@@H]8OC=C[C@@]87O)[C@@]46O)[C@@H]5[C@]1(C)[C@@H]32. The summed E-state index contributed by atoms with van der Waals surface area (Å²) in [6.45, 7) is 6.71. The standard InChI is InChI=1S/C35H44O16/c1-8-15(2)24(38)49-18-12-19(48-16(3)36)31(26(39)43-6)13-46-21-22(31)29(18,4)25-32(23(21)37)14-47-34(25,27(40)44-7)51-30(5)17-11-20(35(30,32)42)50-28-33(17,41)9-10-45-28/h8-10,17-23,25,28,37,41-42H,11-14H2,1-7H3/b15-8+/t17-,18+,19-,20+,21-,22-,23-,25-,28+,29+,30+,31+,32-,33+,34-,35+/m1/s1. The number of allylic oxidation sites excluding steroid dienone is 1. The fraction of sp³-hybridized carbons (Fsp3) is 0.771. The van der Waals surface area contributed by atoms with E-state index in [1.165, 1.54) is 33.3 Å². The molecule has 8 rings (SSSR count). The molecule has 0 aromatic carbocycles. The molecule has 0 radical (unpaired) electrons. The second-order valence-corrected chi connectivity index (χ2v) is 15.8. The summed E-state index contributed by atoms with van der Waals surface area (Å²) in [5.41, 5.74) is -11.0. The minimum absolute atomic E-state index is 0.0251. The number of carbonyl (C=O) groups excluding carboxylic acids is 4. The van der Waals surface area contributed by atoms with Crippen LogP contribution in [0.1, 0.15) is 47.5 Å². The molecule has 8 aliphatic rings. The van der Waals surface area contributed by atoms with Crippen LogP contribution in [0.3, 0.4) is 0 Å². The highest BCUT2D eigenvalue weighted by Crippen LogP contribution is 2.81. The average molecular weight is 721 g/mol. The van der Waals surface area contributed by atoms with E-state index in [9.17, 15) is 34.5 Å². The van der Waals surface area contributed by atoms with Gasteiger partial charge in [0.1, 0.15) is 28.8 Å². The predicted molar refractivity (Wildman–Crippen MR) is 164 cm³/mol. The summed E-state index contributed by atoms with van der Waals surface area (Å²) in [6, 6.07) is 0. The Morgan fingerprint density at radius 1 is 0.961 bits per heavy atom. The van der Waals surface area contributed by atoms with Crippen molar-refractivity contribution < 1.29 is 77.1 Å². The number of fused-ring (bicyclic) bond motifs is 7. The van der Waals surface area contributed by atoms with Gasteiger partial charge in [-0.25, -0.2) is 9.59 Å². The van der Waals surface area contributed by atoms with Gasteiger partial charge in [-0.3, -0.25) is 9.59 Å². The van der Waals surface area contributed by atoms with Crippen LogP contribution in [-0.4, -0.2) is 126 Å². The summed E-state index contributed by atoms with van der Waals surface area (Å²) in [5.74, 6) is -9.30. The Morgan fingerprint density at radius 3 is 2.31 bits per heavy atom. The molecule has 4 bridgehead atoms. The van der Waals surface area contributed by atoms with Gasteiger partial charge in [0.15, 0.2) is 5.60 Å². The third-order valence-electron chi connectivity index (χ3n) is 14.2. The lowest BCUT2D eigenvalue weighted by molar-refractivity contribution is -0.410. The van der Waals surface area contributed by atoms with Crippen LogP contribution in [0.15, 0.2) is 24.0 Å². The van der Waals surface area contributed by atoms with E-state index < -0.39 is 124 Å². The molecule has 5 heterocycles. The maximum Gasteiger partial charge on any atom is 0.366 e. The Kier molecular flexibility index (Phi) is 7.20. The van der Waals surface area contributed by atoms with Crippen LogP contribution in [0.5, 0.6) is 0 Å². The molecule has 280 valence electrons. The fourth-order valence-corrected chi connectivity index (χ4v) is 12.2. The van der Waals surface area contributed by atoms with Crippen LogP contribution in [0.4, 0.5) is 0 Å². The number of hydrogen-bond acceptors (Lipinski definition) is 16. The van der Waals surface area contributed by atoms with Gasteiger partial charge in [-0.15, -0.1) is 0 Å². The highest BCUT2D eigenvalue weighted by atomic mass is 16.8. The van der Waals surface area contributed by atoms with E-state index in [1.54, 1.807) is 26.8 Å². The number of ether oxygens (including phenoxy) is 9. The molecule has 16 atom stereocenters. The predicted octanol–water partition coefficient (Wildman–Crippen LogP) is -0.203. The molecule has 0 unspecified atom stereocenters. The summed E-state index contributed by atoms with van der Waals surface area (Å²) in [6.07, 6.45) is -3.94. The minimum Gasteiger partial charge on any atom is -0.469 e.